The van der Waals surface area contributed by atoms with E-state index in [-0.39, 0.29) is 18.8 Å². The molecule has 0 radical (unpaired) electrons. The Balaban J connectivity index is 1.96. The number of aliphatic hydroxyl groups is 1. The molecule has 4 heteroatoms. The maximum Gasteiger partial charge on any atom is 0.0936 e. The van der Waals surface area contributed by atoms with Crippen molar-refractivity contribution in [3.05, 3.63) is 0 Å². The van der Waals surface area contributed by atoms with E-state index in [1.54, 1.807) is 0 Å². The van der Waals surface area contributed by atoms with Crippen molar-refractivity contribution >= 4 is 0 Å². The number of morpholine rings is 1. The molecule has 0 aromatic carbocycles. The van der Waals surface area contributed by atoms with E-state index in [1.165, 1.54) is 12.8 Å². The molecule has 2 aliphatic rings. The zero-order valence-electron chi connectivity index (χ0n) is 13.5. The molecular formula is C16H32N2O2. The maximum atomic E-state index is 9.35. The molecule has 1 saturated heterocycles. The molecular weight excluding hydrogens is 252 g/mol. The van der Waals surface area contributed by atoms with Crippen LogP contribution in [0.1, 0.15) is 33.6 Å². The molecule has 0 aromatic rings. The molecule has 0 amide bonds. The van der Waals surface area contributed by atoms with Gasteiger partial charge in [0.15, 0.2) is 0 Å². The van der Waals surface area contributed by atoms with Gasteiger partial charge in [-0.3, -0.25) is 4.90 Å². The predicted molar refractivity (Wildman–Crippen MR) is 81.8 cm³/mol. The number of hydrogen-bond acceptors (Lipinski definition) is 4. The lowest BCUT2D eigenvalue weighted by Gasteiger charge is -2.44. The van der Waals surface area contributed by atoms with Crippen LogP contribution in [0.4, 0.5) is 0 Å². The summed E-state index contributed by atoms with van der Waals surface area (Å²) in [4.78, 5) is 2.50. The summed E-state index contributed by atoms with van der Waals surface area (Å²) in [5.41, 5.74) is 0. The Labute approximate surface area is 123 Å². The van der Waals surface area contributed by atoms with Crippen LogP contribution in [-0.2, 0) is 4.74 Å². The molecule has 1 saturated carbocycles. The van der Waals surface area contributed by atoms with Gasteiger partial charge in [0.25, 0.3) is 0 Å². The van der Waals surface area contributed by atoms with E-state index in [2.05, 4.69) is 38.0 Å². The highest BCUT2D eigenvalue weighted by Crippen LogP contribution is 2.34. The van der Waals surface area contributed by atoms with Crippen LogP contribution in [0, 0.1) is 17.8 Å². The molecule has 1 aliphatic carbocycles. The molecule has 4 nitrogen and oxygen atoms in total. The highest BCUT2D eigenvalue weighted by molar-refractivity contribution is 4.90. The molecule has 2 N–H and O–H groups in total. The summed E-state index contributed by atoms with van der Waals surface area (Å²) in [6, 6.07) is 0.625. The van der Waals surface area contributed by atoms with Crippen molar-refractivity contribution in [1.29, 1.82) is 0 Å². The average Bonchev–Trinajstić information content (AvgIpc) is 2.40. The molecule has 2 rings (SSSR count). The van der Waals surface area contributed by atoms with Gasteiger partial charge in [-0.25, -0.2) is 0 Å². The summed E-state index contributed by atoms with van der Waals surface area (Å²) in [6.07, 6.45) is 2.84. The highest BCUT2D eigenvalue weighted by Gasteiger charge is 2.35. The van der Waals surface area contributed by atoms with Gasteiger partial charge >= 0.3 is 0 Å². The fourth-order valence-electron chi connectivity index (χ4n) is 4.24. The van der Waals surface area contributed by atoms with Crippen molar-refractivity contribution in [3.63, 3.8) is 0 Å². The Hall–Kier alpha value is -0.160. The third-order valence-electron chi connectivity index (χ3n) is 5.12. The number of nitrogens with zero attached hydrogens (tertiary/aromatic N) is 1. The van der Waals surface area contributed by atoms with Gasteiger partial charge in [0.05, 0.1) is 18.8 Å². The van der Waals surface area contributed by atoms with Crippen LogP contribution >= 0.6 is 0 Å². The first-order valence-electron chi connectivity index (χ1n) is 8.19. The zero-order chi connectivity index (χ0) is 14.7. The Kier molecular flexibility index (Phi) is 5.84. The van der Waals surface area contributed by atoms with Crippen LogP contribution in [0.15, 0.2) is 0 Å². The monoisotopic (exact) mass is 284 g/mol. The largest absolute Gasteiger partial charge is 0.394 e. The summed E-state index contributed by atoms with van der Waals surface area (Å²) in [5.74, 6) is 2.30. The topological polar surface area (TPSA) is 44.7 Å². The summed E-state index contributed by atoms with van der Waals surface area (Å²) in [6.45, 7) is 10.0. The van der Waals surface area contributed by atoms with E-state index in [0.717, 1.165) is 31.5 Å². The second-order valence-electron chi connectivity index (χ2n) is 7.08. The van der Waals surface area contributed by atoms with Gasteiger partial charge in [-0.05, 0) is 44.6 Å². The Morgan fingerprint density at radius 3 is 2.60 bits per heavy atom. The minimum atomic E-state index is -0.00962. The standard InChI is InChI=1S/C16H32N2O2/c1-11-5-12(2)15(16(6-11)17-4)9-18-7-13(3)20-14(8-18)10-19/h11-17,19H,5-10H2,1-4H3. The van der Waals surface area contributed by atoms with Crippen molar-refractivity contribution in [2.24, 2.45) is 17.8 Å². The van der Waals surface area contributed by atoms with E-state index >= 15 is 0 Å². The summed E-state index contributed by atoms with van der Waals surface area (Å²) in [7, 11) is 2.10. The van der Waals surface area contributed by atoms with Crippen LogP contribution < -0.4 is 5.32 Å². The lowest BCUT2D eigenvalue weighted by molar-refractivity contribution is -0.101. The van der Waals surface area contributed by atoms with Crippen molar-refractivity contribution < 1.29 is 9.84 Å². The SMILES string of the molecule is CNC1CC(C)CC(C)C1CN1CC(C)OC(CO)C1. The van der Waals surface area contributed by atoms with Gasteiger partial charge in [-0.15, -0.1) is 0 Å². The Morgan fingerprint density at radius 2 is 1.95 bits per heavy atom. The van der Waals surface area contributed by atoms with Crippen LogP contribution in [0.3, 0.4) is 0 Å². The van der Waals surface area contributed by atoms with Gasteiger partial charge < -0.3 is 15.2 Å². The molecule has 6 unspecified atom stereocenters. The second kappa shape index (κ2) is 7.21. The molecule has 118 valence electrons. The minimum Gasteiger partial charge on any atom is -0.394 e. The van der Waals surface area contributed by atoms with Gasteiger partial charge in [0.1, 0.15) is 0 Å². The average molecular weight is 284 g/mol. The minimum absolute atomic E-state index is 0.00962. The van der Waals surface area contributed by atoms with Gasteiger partial charge in [0.2, 0.25) is 0 Å². The molecule has 6 atom stereocenters. The third kappa shape index (κ3) is 3.94. The molecule has 0 spiro atoms. The fourth-order valence-corrected chi connectivity index (χ4v) is 4.24. The van der Waals surface area contributed by atoms with Crippen LogP contribution in [0.25, 0.3) is 0 Å². The van der Waals surface area contributed by atoms with E-state index in [1.807, 2.05) is 0 Å². The number of aliphatic hydroxyl groups excluding tert-OH is 1. The van der Waals surface area contributed by atoms with Crippen molar-refractivity contribution in [3.8, 4) is 0 Å². The molecule has 1 heterocycles. The van der Waals surface area contributed by atoms with Crippen molar-refractivity contribution in [1.82, 2.24) is 10.2 Å². The predicted octanol–water partition coefficient (Wildman–Crippen LogP) is 1.34. The maximum absolute atomic E-state index is 9.35. The fraction of sp³-hybridized carbons (Fsp3) is 1.00. The summed E-state index contributed by atoms with van der Waals surface area (Å²) in [5, 5.41) is 12.9. The summed E-state index contributed by atoms with van der Waals surface area (Å²) >= 11 is 0. The second-order valence-corrected chi connectivity index (χ2v) is 7.08. The number of nitrogens with one attached hydrogen (secondary N) is 1. The number of rotatable bonds is 4. The molecule has 0 aromatic heterocycles. The van der Waals surface area contributed by atoms with E-state index in [4.69, 9.17) is 4.74 Å². The van der Waals surface area contributed by atoms with Gasteiger partial charge in [0, 0.05) is 25.7 Å². The third-order valence-corrected chi connectivity index (χ3v) is 5.12. The normalized spacial score (nSPS) is 43.6. The molecule has 20 heavy (non-hydrogen) atoms. The van der Waals surface area contributed by atoms with E-state index in [0.29, 0.717) is 12.0 Å². The Bertz CT molecular complexity index is 300. The first-order chi connectivity index (χ1) is 9.53. The highest BCUT2D eigenvalue weighted by atomic mass is 16.5. The lowest BCUT2D eigenvalue weighted by Crippen LogP contribution is -2.53. The lowest BCUT2D eigenvalue weighted by atomic mass is 9.72. The zero-order valence-corrected chi connectivity index (χ0v) is 13.5. The van der Waals surface area contributed by atoms with Crippen molar-refractivity contribution in [2.45, 2.75) is 51.9 Å². The smallest absolute Gasteiger partial charge is 0.0936 e. The van der Waals surface area contributed by atoms with Crippen LogP contribution in [0.2, 0.25) is 0 Å². The summed E-state index contributed by atoms with van der Waals surface area (Å²) < 4.78 is 5.74. The first-order valence-corrected chi connectivity index (χ1v) is 8.19. The van der Waals surface area contributed by atoms with Gasteiger partial charge in [-0.1, -0.05) is 13.8 Å². The van der Waals surface area contributed by atoms with E-state index in [9.17, 15) is 5.11 Å². The number of hydrogen-bond donors (Lipinski definition) is 2. The van der Waals surface area contributed by atoms with Crippen molar-refractivity contribution in [2.75, 3.05) is 33.3 Å². The quantitative estimate of drug-likeness (QED) is 0.818. The number of ether oxygens (including phenoxy) is 1. The van der Waals surface area contributed by atoms with Crippen LogP contribution in [-0.4, -0.2) is 61.5 Å². The molecule has 1 aliphatic heterocycles. The Morgan fingerprint density at radius 1 is 1.20 bits per heavy atom. The van der Waals surface area contributed by atoms with E-state index < -0.39 is 0 Å². The van der Waals surface area contributed by atoms with Crippen LogP contribution in [0.5, 0.6) is 0 Å². The molecule has 0 bridgehead atoms. The molecule has 2 fully saturated rings. The first kappa shape index (κ1) is 16.2. The van der Waals surface area contributed by atoms with Gasteiger partial charge in [-0.2, -0.15) is 0 Å².